The average Bonchev–Trinajstić information content (AvgIpc) is 3.24. The van der Waals surface area contributed by atoms with Crippen LogP contribution >= 0.6 is 0 Å². The second kappa shape index (κ2) is 8.61. The predicted octanol–water partition coefficient (Wildman–Crippen LogP) is 4.08. The minimum atomic E-state index is -0.487. The Bertz CT molecular complexity index is 909. The first-order valence-corrected chi connectivity index (χ1v) is 9.22. The second-order valence-electron chi connectivity index (χ2n) is 6.74. The summed E-state index contributed by atoms with van der Waals surface area (Å²) in [6, 6.07) is 9.22. The molecule has 1 aromatic heterocycles. The minimum absolute atomic E-state index is 0.148. The van der Waals surface area contributed by atoms with Gasteiger partial charge in [0, 0.05) is 22.9 Å². The van der Waals surface area contributed by atoms with E-state index in [9.17, 15) is 4.79 Å². The molecule has 0 spiro atoms. The number of carbonyl (C=O) groups is 1. The van der Waals surface area contributed by atoms with Gasteiger partial charge in [0.05, 0.1) is 31.8 Å². The summed E-state index contributed by atoms with van der Waals surface area (Å²) in [7, 11) is 1.59. The molecule has 2 unspecified atom stereocenters. The maximum atomic E-state index is 12.2. The molecule has 1 amide bonds. The van der Waals surface area contributed by atoms with Gasteiger partial charge in [-0.25, -0.2) is 4.79 Å². The van der Waals surface area contributed by atoms with E-state index < -0.39 is 6.09 Å². The Kier molecular flexibility index (Phi) is 5.99. The molecule has 0 aliphatic heterocycles. The van der Waals surface area contributed by atoms with Crippen LogP contribution in [0.1, 0.15) is 35.7 Å². The Morgan fingerprint density at radius 1 is 1.32 bits per heavy atom. The van der Waals surface area contributed by atoms with E-state index in [4.69, 9.17) is 14.7 Å². The Morgan fingerprint density at radius 3 is 2.75 bits per heavy atom. The smallest absolute Gasteiger partial charge is 0.412 e. The lowest BCUT2D eigenvalue weighted by molar-refractivity contribution is 0.132. The number of hydrogen-bond acceptors (Lipinski definition) is 5. The van der Waals surface area contributed by atoms with Gasteiger partial charge in [-0.3, -0.25) is 10.00 Å². The molecule has 7 heteroatoms. The quantitative estimate of drug-likeness (QED) is 0.763. The van der Waals surface area contributed by atoms with Gasteiger partial charge >= 0.3 is 6.09 Å². The molecule has 1 aromatic carbocycles. The third-order valence-electron chi connectivity index (χ3n) is 4.88. The first kappa shape index (κ1) is 19.5. The van der Waals surface area contributed by atoms with Crippen molar-refractivity contribution in [2.24, 2.45) is 0 Å². The van der Waals surface area contributed by atoms with Crippen molar-refractivity contribution in [2.45, 2.75) is 45.3 Å². The van der Waals surface area contributed by atoms with Crippen molar-refractivity contribution in [3.05, 3.63) is 53.4 Å². The molecule has 3 rings (SSSR count). The van der Waals surface area contributed by atoms with Crippen LogP contribution in [0.25, 0.3) is 0 Å². The van der Waals surface area contributed by atoms with Crippen LogP contribution in [0.4, 0.5) is 10.5 Å². The highest BCUT2D eigenvalue weighted by Gasteiger charge is 2.27. The lowest BCUT2D eigenvalue weighted by Gasteiger charge is -2.15. The summed E-state index contributed by atoms with van der Waals surface area (Å²) < 4.78 is 12.5. The Balaban J connectivity index is 1.58. The molecule has 0 fully saturated rings. The predicted molar refractivity (Wildman–Crippen MR) is 105 cm³/mol. The third kappa shape index (κ3) is 4.34. The van der Waals surface area contributed by atoms with Gasteiger partial charge in [0.25, 0.3) is 0 Å². The number of aromatic nitrogens is 2. The van der Waals surface area contributed by atoms with Crippen LogP contribution in [0.15, 0.2) is 36.4 Å². The van der Waals surface area contributed by atoms with Gasteiger partial charge in [0.1, 0.15) is 11.9 Å². The molecule has 28 heavy (non-hydrogen) atoms. The number of nitriles is 1. The topological polar surface area (TPSA) is 89.2 Å². The van der Waals surface area contributed by atoms with E-state index in [1.807, 2.05) is 24.6 Å². The van der Waals surface area contributed by atoms with E-state index in [-0.39, 0.29) is 12.0 Å². The Morgan fingerprint density at radius 2 is 2.07 bits per heavy atom. The molecule has 146 valence electrons. The highest BCUT2D eigenvalue weighted by molar-refractivity contribution is 5.84. The number of amides is 1. The van der Waals surface area contributed by atoms with Crippen molar-refractivity contribution >= 4 is 11.8 Å². The van der Waals surface area contributed by atoms with Gasteiger partial charge in [0.2, 0.25) is 0 Å². The van der Waals surface area contributed by atoms with E-state index in [2.05, 4.69) is 22.6 Å². The zero-order valence-electron chi connectivity index (χ0n) is 16.3. The zero-order valence-corrected chi connectivity index (χ0v) is 16.3. The molecule has 0 saturated heterocycles. The summed E-state index contributed by atoms with van der Waals surface area (Å²) in [4.78, 5) is 12.2. The number of nitrogens with zero attached hydrogens (tertiary/aromatic N) is 3. The molecule has 1 N–H and O–H groups in total. The standard InChI is InChI=1S/C21H24N4O3/c1-14-20(15(2)25(24-14)12-4-11-22)16-5-8-19(13-16)28-21(26)23-17-6-9-18(27-3)10-7-17/h5-10,16,19H,4,12-13H2,1-3H3,(H,23,26). The lowest BCUT2D eigenvalue weighted by atomic mass is 9.96. The third-order valence-corrected chi connectivity index (χ3v) is 4.88. The van der Waals surface area contributed by atoms with E-state index >= 15 is 0 Å². The SMILES string of the molecule is COc1ccc(NC(=O)OC2C=CC(c3c(C)nn(CCC#N)c3C)C2)cc1. The van der Waals surface area contributed by atoms with Crippen molar-refractivity contribution < 1.29 is 14.3 Å². The largest absolute Gasteiger partial charge is 0.497 e. The number of hydrogen-bond donors (Lipinski definition) is 1. The summed E-state index contributed by atoms with van der Waals surface area (Å²) in [5, 5.41) is 16.1. The number of benzene rings is 1. The summed E-state index contributed by atoms with van der Waals surface area (Å²) in [6.07, 6.45) is 4.32. The Labute approximate surface area is 164 Å². The van der Waals surface area contributed by atoms with Crippen LogP contribution < -0.4 is 10.1 Å². The molecule has 0 radical (unpaired) electrons. The monoisotopic (exact) mass is 380 g/mol. The van der Waals surface area contributed by atoms with Gasteiger partial charge in [-0.05, 0) is 50.6 Å². The molecular formula is C21H24N4O3. The zero-order chi connectivity index (χ0) is 20.1. The lowest BCUT2D eigenvalue weighted by Crippen LogP contribution is -2.20. The number of carbonyl (C=O) groups excluding carboxylic acids is 1. The van der Waals surface area contributed by atoms with Crippen LogP contribution in [-0.2, 0) is 11.3 Å². The normalized spacial score (nSPS) is 17.9. The number of nitrogens with one attached hydrogen (secondary N) is 1. The van der Waals surface area contributed by atoms with Gasteiger partial charge in [-0.2, -0.15) is 10.4 Å². The molecule has 7 nitrogen and oxygen atoms in total. The fraction of sp³-hybridized carbons (Fsp3) is 0.381. The van der Waals surface area contributed by atoms with E-state index in [0.717, 1.165) is 22.7 Å². The maximum absolute atomic E-state index is 12.2. The van der Waals surface area contributed by atoms with Crippen LogP contribution in [0.5, 0.6) is 5.75 Å². The van der Waals surface area contributed by atoms with Crippen molar-refractivity contribution in [1.29, 1.82) is 5.26 Å². The molecule has 0 bridgehead atoms. The van der Waals surface area contributed by atoms with Crippen molar-refractivity contribution in [2.75, 3.05) is 12.4 Å². The number of anilines is 1. The number of rotatable bonds is 6. The van der Waals surface area contributed by atoms with Gasteiger partial charge < -0.3 is 9.47 Å². The molecule has 1 aliphatic rings. The van der Waals surface area contributed by atoms with Crippen LogP contribution in [0.3, 0.4) is 0 Å². The first-order valence-electron chi connectivity index (χ1n) is 9.22. The number of methoxy groups -OCH3 is 1. The second-order valence-corrected chi connectivity index (χ2v) is 6.74. The molecular weight excluding hydrogens is 356 g/mol. The van der Waals surface area contributed by atoms with Crippen LogP contribution in [-0.4, -0.2) is 29.1 Å². The number of allylic oxidation sites excluding steroid dienone is 1. The van der Waals surface area contributed by atoms with Gasteiger partial charge in [-0.15, -0.1) is 0 Å². The Hall–Kier alpha value is -3.27. The van der Waals surface area contributed by atoms with E-state index in [1.54, 1.807) is 31.4 Å². The molecule has 2 aromatic rings. The highest BCUT2D eigenvalue weighted by atomic mass is 16.6. The molecule has 2 atom stereocenters. The maximum Gasteiger partial charge on any atom is 0.412 e. The fourth-order valence-electron chi connectivity index (χ4n) is 3.55. The highest BCUT2D eigenvalue weighted by Crippen LogP contribution is 2.34. The minimum Gasteiger partial charge on any atom is -0.497 e. The average molecular weight is 380 g/mol. The molecule has 1 aliphatic carbocycles. The summed E-state index contributed by atoms with van der Waals surface area (Å²) in [5.74, 6) is 0.871. The first-order chi connectivity index (χ1) is 13.5. The van der Waals surface area contributed by atoms with Crippen molar-refractivity contribution in [3.8, 4) is 11.8 Å². The summed E-state index contributed by atoms with van der Waals surface area (Å²) in [5.41, 5.74) is 3.81. The van der Waals surface area contributed by atoms with Gasteiger partial charge in [-0.1, -0.05) is 6.08 Å². The van der Waals surface area contributed by atoms with Gasteiger partial charge in [0.15, 0.2) is 0 Å². The summed E-state index contributed by atoms with van der Waals surface area (Å²) >= 11 is 0. The van der Waals surface area contributed by atoms with Crippen molar-refractivity contribution in [3.63, 3.8) is 0 Å². The van der Waals surface area contributed by atoms with E-state index in [0.29, 0.717) is 25.1 Å². The van der Waals surface area contributed by atoms with Crippen molar-refractivity contribution in [1.82, 2.24) is 9.78 Å². The van der Waals surface area contributed by atoms with Crippen LogP contribution in [0.2, 0.25) is 0 Å². The number of aryl methyl sites for hydroxylation is 2. The number of ether oxygens (including phenoxy) is 2. The summed E-state index contributed by atoms with van der Waals surface area (Å²) in [6.45, 7) is 4.58. The fourth-order valence-corrected chi connectivity index (χ4v) is 3.55. The molecule has 1 heterocycles. The van der Waals surface area contributed by atoms with E-state index in [1.165, 1.54) is 0 Å². The van der Waals surface area contributed by atoms with Crippen LogP contribution in [0, 0.1) is 25.2 Å². The molecule has 0 saturated carbocycles.